The largest absolute Gasteiger partial charge is 0.481 e. The number of carbonyl (C=O) groups is 1. The van der Waals surface area contributed by atoms with Gasteiger partial charge in [0.15, 0.2) is 12.4 Å². The van der Waals surface area contributed by atoms with E-state index in [0.717, 1.165) is 39.1 Å². The normalized spacial score (nSPS) is 20.5. The average molecular weight is 401 g/mol. The first-order valence-corrected chi connectivity index (χ1v) is 10.0. The van der Waals surface area contributed by atoms with Crippen molar-refractivity contribution in [1.29, 1.82) is 0 Å². The van der Waals surface area contributed by atoms with Gasteiger partial charge in [0.2, 0.25) is 0 Å². The minimum Gasteiger partial charge on any atom is -0.481 e. The fourth-order valence-electron chi connectivity index (χ4n) is 3.92. The molecular formula is C19H26Cl2N2O3. The van der Waals surface area contributed by atoms with Gasteiger partial charge in [-0.25, -0.2) is 0 Å². The van der Waals surface area contributed by atoms with Crippen LogP contribution in [0, 0.1) is 0 Å². The molecule has 1 saturated carbocycles. The Morgan fingerprint density at radius 1 is 1.15 bits per heavy atom. The molecule has 1 heterocycles. The number of ether oxygens (including phenoxy) is 2. The van der Waals surface area contributed by atoms with Gasteiger partial charge in [-0.05, 0) is 25.0 Å². The number of hydrogen-bond donors (Lipinski definition) is 1. The number of para-hydroxylation sites is 1. The summed E-state index contributed by atoms with van der Waals surface area (Å²) in [6, 6.07) is 5.12. The molecule has 1 amide bonds. The lowest BCUT2D eigenvalue weighted by Gasteiger charge is -2.48. The molecule has 1 N–H and O–H groups in total. The van der Waals surface area contributed by atoms with Crippen molar-refractivity contribution in [3.05, 3.63) is 28.2 Å². The van der Waals surface area contributed by atoms with Crippen molar-refractivity contribution in [3.63, 3.8) is 0 Å². The smallest absolute Gasteiger partial charge is 0.258 e. The first-order valence-electron chi connectivity index (χ1n) is 9.27. The van der Waals surface area contributed by atoms with Crippen LogP contribution in [0.3, 0.4) is 0 Å². The molecule has 1 aromatic rings. The molecule has 1 aliphatic carbocycles. The highest BCUT2D eigenvalue weighted by Gasteiger charge is 2.38. The first-order chi connectivity index (χ1) is 12.6. The summed E-state index contributed by atoms with van der Waals surface area (Å²) in [6.45, 7) is 3.95. The molecule has 144 valence electrons. The van der Waals surface area contributed by atoms with Gasteiger partial charge in [0, 0.05) is 25.2 Å². The van der Waals surface area contributed by atoms with Gasteiger partial charge in [-0.3, -0.25) is 9.69 Å². The quantitative estimate of drug-likeness (QED) is 0.793. The zero-order chi connectivity index (χ0) is 18.4. The standard InChI is InChI=1S/C19H26Cl2N2O3/c20-15-5-4-6-16(21)18(15)26-13-17(24)22-14-19(7-2-1-3-8-19)23-9-11-25-12-10-23/h4-6H,1-3,7-14H2,(H,22,24). The second kappa shape index (κ2) is 9.27. The zero-order valence-electron chi connectivity index (χ0n) is 14.9. The number of hydrogen-bond acceptors (Lipinski definition) is 4. The molecule has 1 aliphatic heterocycles. The summed E-state index contributed by atoms with van der Waals surface area (Å²) < 4.78 is 11.0. The zero-order valence-corrected chi connectivity index (χ0v) is 16.4. The molecule has 1 aromatic carbocycles. The molecule has 0 unspecified atom stereocenters. The Morgan fingerprint density at radius 2 is 1.81 bits per heavy atom. The molecular weight excluding hydrogens is 375 g/mol. The predicted octanol–water partition coefficient (Wildman–Crippen LogP) is 3.52. The summed E-state index contributed by atoms with van der Waals surface area (Å²) >= 11 is 12.2. The maximum Gasteiger partial charge on any atom is 0.258 e. The number of carbonyl (C=O) groups excluding carboxylic acids is 1. The lowest BCUT2D eigenvalue weighted by Crippen LogP contribution is -2.60. The van der Waals surface area contributed by atoms with Gasteiger partial charge in [0.05, 0.1) is 23.3 Å². The van der Waals surface area contributed by atoms with Crippen LogP contribution in [0.25, 0.3) is 0 Å². The molecule has 0 atom stereocenters. The van der Waals surface area contributed by atoms with E-state index in [1.165, 1.54) is 19.3 Å². The van der Waals surface area contributed by atoms with E-state index in [1.54, 1.807) is 18.2 Å². The third-order valence-corrected chi connectivity index (χ3v) is 5.94. The van der Waals surface area contributed by atoms with Crippen LogP contribution in [0.2, 0.25) is 10.0 Å². The van der Waals surface area contributed by atoms with Crippen LogP contribution >= 0.6 is 23.2 Å². The van der Waals surface area contributed by atoms with Crippen LogP contribution in [0.5, 0.6) is 5.75 Å². The number of morpholine rings is 1. The topological polar surface area (TPSA) is 50.8 Å². The second-order valence-corrected chi connectivity index (χ2v) is 7.82. The van der Waals surface area contributed by atoms with Crippen molar-refractivity contribution < 1.29 is 14.3 Å². The molecule has 2 fully saturated rings. The minimum atomic E-state index is -0.154. The van der Waals surface area contributed by atoms with Crippen molar-refractivity contribution >= 4 is 29.1 Å². The van der Waals surface area contributed by atoms with Crippen molar-refractivity contribution in [2.24, 2.45) is 0 Å². The number of rotatable bonds is 6. The summed E-state index contributed by atoms with van der Waals surface area (Å²) in [5.41, 5.74) is 0.0414. The van der Waals surface area contributed by atoms with E-state index in [1.807, 2.05) is 0 Å². The fourth-order valence-corrected chi connectivity index (χ4v) is 4.43. The Kier molecular flexibility index (Phi) is 7.04. The highest BCUT2D eigenvalue weighted by atomic mass is 35.5. The van der Waals surface area contributed by atoms with Gasteiger partial charge in [0.1, 0.15) is 0 Å². The van der Waals surface area contributed by atoms with E-state index in [4.69, 9.17) is 32.7 Å². The Morgan fingerprint density at radius 3 is 2.46 bits per heavy atom. The van der Waals surface area contributed by atoms with Crippen molar-refractivity contribution in [2.45, 2.75) is 37.6 Å². The van der Waals surface area contributed by atoms with Crippen LogP contribution in [-0.2, 0) is 9.53 Å². The maximum atomic E-state index is 12.3. The summed E-state index contributed by atoms with van der Waals surface area (Å²) in [4.78, 5) is 14.8. The molecule has 26 heavy (non-hydrogen) atoms. The van der Waals surface area contributed by atoms with Crippen LogP contribution in [0.15, 0.2) is 18.2 Å². The van der Waals surface area contributed by atoms with E-state index in [0.29, 0.717) is 22.3 Å². The van der Waals surface area contributed by atoms with Gasteiger partial charge in [-0.1, -0.05) is 48.5 Å². The molecule has 0 bridgehead atoms. The van der Waals surface area contributed by atoms with Crippen LogP contribution in [0.1, 0.15) is 32.1 Å². The Hall–Kier alpha value is -1.01. The Labute approximate surface area is 164 Å². The maximum absolute atomic E-state index is 12.3. The van der Waals surface area contributed by atoms with E-state index in [2.05, 4.69) is 10.2 Å². The average Bonchev–Trinajstić information content (AvgIpc) is 2.67. The highest BCUT2D eigenvalue weighted by Crippen LogP contribution is 2.34. The van der Waals surface area contributed by atoms with Crippen LogP contribution < -0.4 is 10.1 Å². The van der Waals surface area contributed by atoms with Crippen LogP contribution in [0.4, 0.5) is 0 Å². The van der Waals surface area contributed by atoms with Gasteiger partial charge < -0.3 is 14.8 Å². The van der Waals surface area contributed by atoms with Gasteiger partial charge in [0.25, 0.3) is 5.91 Å². The predicted molar refractivity (Wildman–Crippen MR) is 103 cm³/mol. The fraction of sp³-hybridized carbons (Fsp3) is 0.632. The number of nitrogens with zero attached hydrogens (tertiary/aromatic N) is 1. The third kappa shape index (κ3) is 4.83. The third-order valence-electron chi connectivity index (χ3n) is 5.35. The molecule has 0 radical (unpaired) electrons. The van der Waals surface area contributed by atoms with Crippen molar-refractivity contribution in [3.8, 4) is 5.75 Å². The molecule has 0 spiro atoms. The molecule has 3 rings (SSSR count). The number of nitrogens with one attached hydrogen (secondary N) is 1. The summed E-state index contributed by atoms with van der Waals surface area (Å²) in [5, 5.41) is 3.88. The van der Waals surface area contributed by atoms with E-state index >= 15 is 0 Å². The summed E-state index contributed by atoms with van der Waals surface area (Å²) in [5.74, 6) is 0.200. The van der Waals surface area contributed by atoms with E-state index < -0.39 is 0 Å². The van der Waals surface area contributed by atoms with E-state index in [9.17, 15) is 4.79 Å². The molecule has 1 saturated heterocycles. The van der Waals surface area contributed by atoms with Gasteiger partial charge >= 0.3 is 0 Å². The van der Waals surface area contributed by atoms with Crippen molar-refractivity contribution in [1.82, 2.24) is 10.2 Å². The Bertz CT molecular complexity index is 595. The molecule has 2 aliphatic rings. The van der Waals surface area contributed by atoms with Gasteiger partial charge in [-0.15, -0.1) is 0 Å². The first kappa shape index (κ1) is 19.7. The lowest BCUT2D eigenvalue weighted by molar-refractivity contribution is -0.124. The monoisotopic (exact) mass is 400 g/mol. The minimum absolute atomic E-state index is 0.0414. The number of benzene rings is 1. The number of halogens is 2. The summed E-state index contributed by atoms with van der Waals surface area (Å²) in [6.07, 6.45) is 5.92. The summed E-state index contributed by atoms with van der Waals surface area (Å²) in [7, 11) is 0. The van der Waals surface area contributed by atoms with Gasteiger partial charge in [-0.2, -0.15) is 0 Å². The highest BCUT2D eigenvalue weighted by molar-refractivity contribution is 6.37. The van der Waals surface area contributed by atoms with Crippen molar-refractivity contribution in [2.75, 3.05) is 39.5 Å². The Balaban J connectivity index is 1.55. The number of amides is 1. The lowest BCUT2D eigenvalue weighted by atomic mass is 9.79. The molecule has 0 aromatic heterocycles. The SMILES string of the molecule is O=C(COc1c(Cl)cccc1Cl)NCC1(N2CCOCC2)CCCCC1. The van der Waals surface area contributed by atoms with Crippen LogP contribution in [-0.4, -0.2) is 55.8 Å². The molecule has 5 nitrogen and oxygen atoms in total. The second-order valence-electron chi connectivity index (χ2n) is 7.00. The van der Waals surface area contributed by atoms with E-state index in [-0.39, 0.29) is 18.1 Å². The molecule has 7 heteroatoms.